The van der Waals surface area contributed by atoms with Crippen LogP contribution in [0.3, 0.4) is 0 Å². The van der Waals surface area contributed by atoms with Gasteiger partial charge in [-0.1, -0.05) is 58.4 Å². The molecule has 188 valence electrons. The van der Waals surface area contributed by atoms with Crippen LogP contribution >= 0.6 is 0 Å². The van der Waals surface area contributed by atoms with Crippen molar-refractivity contribution in [2.24, 2.45) is 23.2 Å². The van der Waals surface area contributed by atoms with Crippen molar-refractivity contribution in [1.82, 2.24) is 0 Å². The number of fused-ring (bicyclic) bond motifs is 1. The fourth-order valence-electron chi connectivity index (χ4n) is 6.28. The number of aliphatic hydroxyl groups excluding tert-OH is 1. The van der Waals surface area contributed by atoms with Crippen molar-refractivity contribution in [2.45, 2.75) is 124 Å². The number of terminal acetylenes is 1. The van der Waals surface area contributed by atoms with Crippen LogP contribution in [0.4, 0.5) is 0 Å². The predicted octanol–water partition coefficient (Wildman–Crippen LogP) is 8.01. The second kappa shape index (κ2) is 13.6. The van der Waals surface area contributed by atoms with E-state index in [0.717, 1.165) is 43.1 Å². The second-order valence-corrected chi connectivity index (χ2v) is 11.0. The molecule has 3 unspecified atom stereocenters. The minimum Gasteiger partial charge on any atom is -0.390 e. The highest BCUT2D eigenvalue weighted by Gasteiger charge is 2.48. The third-order valence-corrected chi connectivity index (χ3v) is 8.79. The van der Waals surface area contributed by atoms with Crippen LogP contribution in [0, 0.1) is 36.0 Å². The summed E-state index contributed by atoms with van der Waals surface area (Å²) >= 11 is 0. The SMILES string of the molecule is C#C.C=C1/C(=C\C=C2/CCCC3(C)C2CC[C@@H]3CCC[C@@H](C)C(C)(C)O)CCCC1O.CC. The second-order valence-electron chi connectivity index (χ2n) is 11.0. The van der Waals surface area contributed by atoms with Crippen molar-refractivity contribution in [3.63, 3.8) is 0 Å². The first-order chi connectivity index (χ1) is 15.6. The largest absolute Gasteiger partial charge is 0.390 e. The molecular weight excluding hydrogens is 404 g/mol. The van der Waals surface area contributed by atoms with Crippen molar-refractivity contribution in [3.8, 4) is 12.8 Å². The molecule has 3 aliphatic rings. The van der Waals surface area contributed by atoms with Gasteiger partial charge in [-0.3, -0.25) is 0 Å². The average molecular weight is 457 g/mol. The summed E-state index contributed by atoms with van der Waals surface area (Å²) in [6, 6.07) is 0. The summed E-state index contributed by atoms with van der Waals surface area (Å²) < 4.78 is 0. The Morgan fingerprint density at radius 1 is 1.12 bits per heavy atom. The van der Waals surface area contributed by atoms with E-state index < -0.39 is 5.60 Å². The summed E-state index contributed by atoms with van der Waals surface area (Å²) in [5, 5.41) is 20.3. The molecule has 0 aromatic rings. The predicted molar refractivity (Wildman–Crippen MR) is 144 cm³/mol. The molecule has 0 aromatic carbocycles. The maximum atomic E-state index is 10.2. The lowest BCUT2D eigenvalue weighted by atomic mass is 9.62. The minimum absolute atomic E-state index is 0.341. The van der Waals surface area contributed by atoms with Gasteiger partial charge in [0.15, 0.2) is 0 Å². The maximum Gasteiger partial charge on any atom is 0.0787 e. The number of rotatable bonds is 6. The van der Waals surface area contributed by atoms with Gasteiger partial charge in [-0.05, 0) is 112 Å². The van der Waals surface area contributed by atoms with Gasteiger partial charge in [0.05, 0.1) is 11.7 Å². The number of hydrogen-bond acceptors (Lipinski definition) is 2. The summed E-state index contributed by atoms with van der Waals surface area (Å²) in [4.78, 5) is 0. The minimum atomic E-state index is -0.562. The standard InChI is InChI=1S/C27H44O2.C2H6.C2H2/c1-19(26(3,4)29)9-6-12-23-16-17-24-22(11-8-18-27(23,24)5)15-14-21-10-7-13-25(28)20(21)2;2*1-2/h14-15,19,23-25,28-29H,2,6-13,16-18H2,1,3-5H3;1-2H3;1-2H/b21-14-,22-15+;;/t19-,23+,24?,25?,27?;;/m1../s1. The molecule has 0 saturated heterocycles. The Balaban J connectivity index is 0.00000129. The number of allylic oxidation sites excluding steroid dienone is 3. The smallest absolute Gasteiger partial charge is 0.0787 e. The lowest BCUT2D eigenvalue weighted by molar-refractivity contribution is 0.0188. The molecular formula is C31H52O2. The highest BCUT2D eigenvalue weighted by molar-refractivity contribution is 5.37. The summed E-state index contributed by atoms with van der Waals surface area (Å²) in [5.41, 5.74) is 3.73. The molecule has 0 amide bonds. The van der Waals surface area contributed by atoms with Gasteiger partial charge < -0.3 is 10.2 Å². The highest BCUT2D eigenvalue weighted by atomic mass is 16.3. The van der Waals surface area contributed by atoms with Crippen LogP contribution in [0.1, 0.15) is 112 Å². The number of hydrogen-bond donors (Lipinski definition) is 2. The summed E-state index contributed by atoms with van der Waals surface area (Å²) in [7, 11) is 0. The topological polar surface area (TPSA) is 40.5 Å². The lowest BCUT2D eigenvalue weighted by Crippen LogP contribution is -2.33. The van der Waals surface area contributed by atoms with E-state index in [1.165, 1.54) is 50.5 Å². The molecule has 0 spiro atoms. The van der Waals surface area contributed by atoms with Crippen molar-refractivity contribution in [2.75, 3.05) is 0 Å². The van der Waals surface area contributed by atoms with Gasteiger partial charge in [-0.25, -0.2) is 0 Å². The molecule has 2 nitrogen and oxygen atoms in total. The van der Waals surface area contributed by atoms with E-state index in [2.05, 4.69) is 45.4 Å². The molecule has 0 bridgehead atoms. The molecule has 0 heterocycles. The van der Waals surface area contributed by atoms with Gasteiger partial charge in [0.1, 0.15) is 0 Å². The quantitative estimate of drug-likeness (QED) is 0.397. The monoisotopic (exact) mass is 456 g/mol. The normalized spacial score (nSPS) is 32.9. The Kier molecular flexibility index (Phi) is 12.2. The van der Waals surface area contributed by atoms with Gasteiger partial charge in [0.25, 0.3) is 0 Å². The molecule has 0 aliphatic heterocycles. The first kappa shape index (κ1) is 29.7. The van der Waals surface area contributed by atoms with E-state index in [9.17, 15) is 10.2 Å². The molecule has 3 saturated carbocycles. The molecule has 0 radical (unpaired) electrons. The molecule has 2 heteroatoms. The van der Waals surface area contributed by atoms with Gasteiger partial charge in [0.2, 0.25) is 0 Å². The van der Waals surface area contributed by atoms with Crippen molar-refractivity contribution >= 4 is 0 Å². The molecule has 0 aromatic heterocycles. The van der Waals surface area contributed by atoms with Crippen LogP contribution in [-0.4, -0.2) is 21.9 Å². The zero-order valence-electron chi connectivity index (χ0n) is 22.5. The van der Waals surface area contributed by atoms with Crippen LogP contribution in [-0.2, 0) is 0 Å². The van der Waals surface area contributed by atoms with Crippen molar-refractivity contribution in [3.05, 3.63) is 35.5 Å². The van der Waals surface area contributed by atoms with Crippen LogP contribution < -0.4 is 0 Å². The van der Waals surface area contributed by atoms with E-state index in [4.69, 9.17) is 0 Å². The molecule has 33 heavy (non-hydrogen) atoms. The molecule has 5 atom stereocenters. The maximum absolute atomic E-state index is 10.2. The number of aliphatic hydroxyl groups is 2. The van der Waals surface area contributed by atoms with E-state index in [1.807, 2.05) is 27.7 Å². The fraction of sp³-hybridized carbons (Fsp3) is 0.742. The molecule has 3 aliphatic carbocycles. The Hall–Kier alpha value is -1.30. The summed E-state index contributed by atoms with van der Waals surface area (Å²) in [6.07, 6.45) is 25.6. The zero-order valence-corrected chi connectivity index (χ0v) is 22.5. The van der Waals surface area contributed by atoms with E-state index in [0.29, 0.717) is 11.3 Å². The van der Waals surface area contributed by atoms with Crippen molar-refractivity contribution < 1.29 is 10.2 Å². The van der Waals surface area contributed by atoms with Crippen molar-refractivity contribution in [1.29, 1.82) is 0 Å². The third kappa shape index (κ3) is 7.60. The van der Waals surface area contributed by atoms with Crippen LogP contribution in [0.25, 0.3) is 0 Å². The third-order valence-electron chi connectivity index (χ3n) is 8.79. The van der Waals surface area contributed by atoms with Gasteiger partial charge in [-0.15, -0.1) is 12.8 Å². The first-order valence-corrected chi connectivity index (χ1v) is 13.5. The first-order valence-electron chi connectivity index (χ1n) is 13.5. The molecule has 3 rings (SSSR count). The zero-order chi connectivity index (χ0) is 25.2. The fourth-order valence-corrected chi connectivity index (χ4v) is 6.28. The van der Waals surface area contributed by atoms with E-state index >= 15 is 0 Å². The van der Waals surface area contributed by atoms with Gasteiger partial charge in [0, 0.05) is 0 Å². The Morgan fingerprint density at radius 3 is 2.42 bits per heavy atom. The Morgan fingerprint density at radius 2 is 1.79 bits per heavy atom. The van der Waals surface area contributed by atoms with Crippen LogP contribution in [0.5, 0.6) is 0 Å². The lowest BCUT2D eigenvalue weighted by Gasteiger charge is -2.42. The Labute approximate surface area is 205 Å². The highest BCUT2D eigenvalue weighted by Crippen LogP contribution is 2.58. The average Bonchev–Trinajstić information content (AvgIpc) is 3.13. The van der Waals surface area contributed by atoms with Gasteiger partial charge >= 0.3 is 0 Å². The molecule has 2 N–H and O–H groups in total. The summed E-state index contributed by atoms with van der Waals surface area (Å²) in [6.45, 7) is 16.8. The van der Waals surface area contributed by atoms with Crippen LogP contribution in [0.15, 0.2) is 35.5 Å². The van der Waals surface area contributed by atoms with Gasteiger partial charge in [-0.2, -0.15) is 0 Å². The van der Waals surface area contributed by atoms with E-state index in [-0.39, 0.29) is 6.10 Å². The van der Waals surface area contributed by atoms with Crippen LogP contribution in [0.2, 0.25) is 0 Å². The van der Waals surface area contributed by atoms with E-state index in [1.54, 1.807) is 5.57 Å². The summed E-state index contributed by atoms with van der Waals surface area (Å²) in [5.74, 6) is 1.91. The molecule has 3 fully saturated rings. The Bertz CT molecular complexity index is 689.